The molecule has 0 bridgehead atoms. The molecule has 0 saturated carbocycles. The summed E-state index contributed by atoms with van der Waals surface area (Å²) in [5.74, 6) is -15.7. The van der Waals surface area contributed by atoms with Gasteiger partial charge >= 0.3 is 11.8 Å². The number of nitrogens with zero attached hydrogens (tertiary/aromatic N) is 2. The number of hydrogen-bond donors (Lipinski definition) is 0. The summed E-state index contributed by atoms with van der Waals surface area (Å²) in [6.45, 7) is 0. The van der Waals surface area contributed by atoms with E-state index in [4.69, 9.17) is 15.3 Å². The van der Waals surface area contributed by atoms with Crippen LogP contribution in [-0.4, -0.2) is 5.92 Å². The highest BCUT2D eigenvalue weighted by Gasteiger charge is 2.82. The Morgan fingerprint density at radius 1 is 0.828 bits per heavy atom. The Labute approximate surface area is 158 Å². The minimum absolute atomic E-state index is 0.0682. The van der Waals surface area contributed by atoms with E-state index < -0.39 is 52.3 Å². The van der Waals surface area contributed by atoms with Gasteiger partial charge in [-0.2, -0.15) is 28.1 Å². The third-order valence-electron chi connectivity index (χ3n) is 5.02. The Bertz CT molecular complexity index is 1110. The average Bonchev–Trinajstić information content (AvgIpc) is 2.94. The van der Waals surface area contributed by atoms with Gasteiger partial charge in [0, 0.05) is 11.1 Å². The zero-order valence-corrected chi connectivity index (χ0v) is 14.0. The molecule has 0 saturated heterocycles. The summed E-state index contributed by atoms with van der Waals surface area (Å²) < 4.78 is 106. The Morgan fingerprint density at radius 2 is 1.41 bits per heavy atom. The minimum atomic E-state index is -5.37. The SMILES string of the molecule is N#Cc1cc(C#N)cc(Oc2ccc3c4c2C(F)(F)CC4(F)C(F)(F)C3(F)F)c1. The van der Waals surface area contributed by atoms with Crippen molar-refractivity contribution >= 4 is 0 Å². The summed E-state index contributed by atoms with van der Waals surface area (Å²) in [6, 6.07) is 7.78. The number of hydrogen-bond acceptors (Lipinski definition) is 3. The van der Waals surface area contributed by atoms with Crippen LogP contribution in [0.4, 0.5) is 30.7 Å². The van der Waals surface area contributed by atoms with E-state index in [1.165, 1.54) is 6.07 Å². The first-order chi connectivity index (χ1) is 13.4. The van der Waals surface area contributed by atoms with Crippen LogP contribution in [0.2, 0.25) is 0 Å². The topological polar surface area (TPSA) is 56.8 Å². The molecule has 148 valence electrons. The van der Waals surface area contributed by atoms with Gasteiger partial charge < -0.3 is 4.74 Å². The second kappa shape index (κ2) is 5.41. The molecule has 0 aromatic heterocycles. The second-order valence-corrected chi connectivity index (χ2v) is 6.76. The lowest BCUT2D eigenvalue weighted by molar-refractivity contribution is -0.274. The van der Waals surface area contributed by atoms with E-state index in [2.05, 4.69) is 0 Å². The average molecular weight is 412 g/mol. The molecule has 0 N–H and O–H groups in total. The number of ether oxygens (including phenoxy) is 1. The van der Waals surface area contributed by atoms with Crippen LogP contribution in [0.3, 0.4) is 0 Å². The summed E-state index contributed by atoms with van der Waals surface area (Å²) in [7, 11) is 0. The molecule has 0 spiro atoms. The van der Waals surface area contributed by atoms with Crippen molar-refractivity contribution in [3.8, 4) is 23.6 Å². The van der Waals surface area contributed by atoms with Crippen LogP contribution in [0.1, 0.15) is 34.2 Å². The fourth-order valence-electron chi connectivity index (χ4n) is 3.79. The first kappa shape index (κ1) is 19.1. The van der Waals surface area contributed by atoms with Crippen LogP contribution >= 0.6 is 0 Å². The maximum atomic E-state index is 15.0. The molecule has 0 amide bonds. The van der Waals surface area contributed by atoms with Crippen LogP contribution < -0.4 is 4.74 Å². The summed E-state index contributed by atoms with van der Waals surface area (Å²) in [6.07, 6.45) is -2.16. The maximum absolute atomic E-state index is 15.0. The quantitative estimate of drug-likeness (QED) is 0.602. The van der Waals surface area contributed by atoms with E-state index in [0.717, 1.165) is 12.1 Å². The van der Waals surface area contributed by atoms with Gasteiger partial charge in [-0.05, 0) is 30.3 Å². The van der Waals surface area contributed by atoms with Gasteiger partial charge in [-0.3, -0.25) is 0 Å². The number of alkyl halides is 7. The predicted octanol–water partition coefficient (Wildman–Crippen LogP) is 5.62. The molecule has 10 heteroatoms. The van der Waals surface area contributed by atoms with Gasteiger partial charge in [0.2, 0.25) is 5.67 Å². The second-order valence-electron chi connectivity index (χ2n) is 6.76. The van der Waals surface area contributed by atoms with Gasteiger partial charge in [-0.1, -0.05) is 0 Å². The van der Waals surface area contributed by atoms with E-state index >= 15 is 0 Å². The van der Waals surface area contributed by atoms with E-state index in [1.807, 2.05) is 0 Å². The number of benzene rings is 2. The van der Waals surface area contributed by atoms with Crippen LogP contribution in [-0.2, 0) is 17.5 Å². The molecule has 2 aliphatic carbocycles. The fourth-order valence-corrected chi connectivity index (χ4v) is 3.79. The fraction of sp³-hybridized carbons (Fsp3) is 0.263. The molecule has 1 unspecified atom stereocenters. The van der Waals surface area contributed by atoms with E-state index in [9.17, 15) is 30.7 Å². The van der Waals surface area contributed by atoms with Crippen molar-refractivity contribution in [3.05, 3.63) is 58.1 Å². The normalized spacial score (nSPS) is 24.4. The van der Waals surface area contributed by atoms with Crippen LogP contribution in [0.5, 0.6) is 11.5 Å². The maximum Gasteiger partial charge on any atom is 0.352 e. The molecule has 1 atom stereocenters. The zero-order valence-electron chi connectivity index (χ0n) is 14.0. The van der Waals surface area contributed by atoms with E-state index in [1.54, 1.807) is 12.1 Å². The zero-order chi connectivity index (χ0) is 21.4. The molecule has 29 heavy (non-hydrogen) atoms. The summed E-state index contributed by atoms with van der Waals surface area (Å²) in [4.78, 5) is 0. The van der Waals surface area contributed by atoms with Crippen molar-refractivity contribution in [1.82, 2.24) is 0 Å². The van der Waals surface area contributed by atoms with Crippen molar-refractivity contribution in [2.45, 2.75) is 29.9 Å². The van der Waals surface area contributed by atoms with Crippen molar-refractivity contribution in [2.24, 2.45) is 0 Å². The van der Waals surface area contributed by atoms with Crippen LogP contribution in [0.25, 0.3) is 0 Å². The van der Waals surface area contributed by atoms with Gasteiger partial charge in [0.1, 0.15) is 11.5 Å². The Hall–Kier alpha value is -3.27. The Morgan fingerprint density at radius 3 is 1.97 bits per heavy atom. The van der Waals surface area contributed by atoms with Crippen LogP contribution in [0, 0.1) is 22.7 Å². The monoisotopic (exact) mass is 412 g/mol. The largest absolute Gasteiger partial charge is 0.457 e. The lowest BCUT2D eigenvalue weighted by atomic mass is 9.96. The molecule has 2 aliphatic rings. The summed E-state index contributed by atoms with van der Waals surface area (Å²) in [5.41, 5.74) is -8.80. The Balaban J connectivity index is 1.93. The minimum Gasteiger partial charge on any atom is -0.457 e. The Kier molecular flexibility index (Phi) is 3.56. The van der Waals surface area contributed by atoms with Gasteiger partial charge in [-0.25, -0.2) is 13.2 Å². The molecule has 0 radical (unpaired) electrons. The van der Waals surface area contributed by atoms with Gasteiger partial charge in [0.05, 0.1) is 35.2 Å². The molecule has 0 fully saturated rings. The van der Waals surface area contributed by atoms with Gasteiger partial charge in [-0.15, -0.1) is 0 Å². The molecule has 2 aromatic carbocycles. The van der Waals surface area contributed by atoms with Crippen molar-refractivity contribution in [1.29, 1.82) is 10.5 Å². The van der Waals surface area contributed by atoms with Crippen molar-refractivity contribution in [3.63, 3.8) is 0 Å². The molecule has 2 aromatic rings. The van der Waals surface area contributed by atoms with E-state index in [0.29, 0.717) is 12.1 Å². The first-order valence-electron chi connectivity index (χ1n) is 8.03. The van der Waals surface area contributed by atoms with Crippen molar-refractivity contribution < 1.29 is 35.5 Å². The van der Waals surface area contributed by atoms with Gasteiger partial charge in [0.15, 0.2) is 0 Å². The highest BCUT2D eigenvalue weighted by atomic mass is 19.3. The predicted molar refractivity (Wildman–Crippen MR) is 82.5 cm³/mol. The molecule has 0 heterocycles. The lowest BCUT2D eigenvalue weighted by Crippen LogP contribution is -2.46. The third kappa shape index (κ3) is 2.23. The number of rotatable bonds is 2. The molecule has 3 nitrogen and oxygen atoms in total. The molecular formula is C19H7F7N2O. The first-order valence-corrected chi connectivity index (χ1v) is 8.03. The molecule has 0 aliphatic heterocycles. The summed E-state index contributed by atoms with van der Waals surface area (Å²) in [5, 5.41) is 17.9. The molecular weight excluding hydrogens is 405 g/mol. The molecule has 4 rings (SSSR count). The standard InChI is InChI=1S/C19H7F7N2O/c20-16-8-17(21,22)15-13(29-11-4-9(6-27)3-10(5-11)7-28)2-1-12(14(15)16)18(23,24)19(16,25)26/h1-5H,8H2. The number of halogens is 7. The smallest absolute Gasteiger partial charge is 0.352 e. The van der Waals surface area contributed by atoms with Crippen molar-refractivity contribution in [2.75, 3.05) is 0 Å². The summed E-state index contributed by atoms with van der Waals surface area (Å²) >= 11 is 0. The highest BCUT2D eigenvalue weighted by Crippen LogP contribution is 2.71. The van der Waals surface area contributed by atoms with E-state index in [-0.39, 0.29) is 16.9 Å². The van der Waals surface area contributed by atoms with Crippen LogP contribution in [0.15, 0.2) is 30.3 Å². The lowest BCUT2D eigenvalue weighted by Gasteiger charge is -2.28. The van der Waals surface area contributed by atoms with Gasteiger partial charge in [0.25, 0.3) is 5.92 Å². The number of nitriles is 2. The third-order valence-corrected chi connectivity index (χ3v) is 5.02. The highest BCUT2D eigenvalue weighted by molar-refractivity contribution is 5.61.